The highest BCUT2D eigenvalue weighted by Crippen LogP contribution is 2.42. The number of hydrogen-bond acceptors (Lipinski definition) is 4. The number of alkyl halides is 3. The molecule has 0 spiro atoms. The first kappa shape index (κ1) is 18.8. The van der Waals surface area contributed by atoms with Crippen molar-refractivity contribution in [3.8, 4) is 22.4 Å². The minimum absolute atomic E-state index is 0.146. The molecule has 0 bridgehead atoms. The molecule has 0 N–H and O–H groups in total. The van der Waals surface area contributed by atoms with Gasteiger partial charge < -0.3 is 4.40 Å². The van der Waals surface area contributed by atoms with E-state index >= 15 is 0 Å². The third kappa shape index (κ3) is 3.26. The van der Waals surface area contributed by atoms with Crippen LogP contribution in [0.1, 0.15) is 11.4 Å². The highest BCUT2D eigenvalue weighted by atomic mass is 19.4. The quantitative estimate of drug-likeness (QED) is 0.362. The summed E-state index contributed by atoms with van der Waals surface area (Å²) >= 11 is 0. The minimum Gasteiger partial charge on any atom is -0.301 e. The molecule has 148 valence electrons. The number of imidazole rings is 1. The highest BCUT2D eigenvalue weighted by molar-refractivity contribution is 5.83. The standard InChI is InChI=1S/C19H13F4N5O/c1-27-17(11-2-5-13(20)6-3-11)16(18(26-27)19(21,22)23)12-4-7-15-24-8-14(9-25-29)28(15)10-12/h2-8,10H,9H2,1H3. The zero-order chi connectivity index (χ0) is 20.8. The number of halogens is 4. The lowest BCUT2D eigenvalue weighted by molar-refractivity contribution is -0.140. The Morgan fingerprint density at radius 2 is 1.76 bits per heavy atom. The van der Waals surface area contributed by atoms with Gasteiger partial charge in [0, 0.05) is 29.9 Å². The van der Waals surface area contributed by atoms with Crippen LogP contribution in [0.4, 0.5) is 17.6 Å². The first-order chi connectivity index (χ1) is 13.8. The number of nitroso groups, excluding NO2 is 1. The maximum Gasteiger partial charge on any atom is 0.435 e. The van der Waals surface area contributed by atoms with E-state index in [-0.39, 0.29) is 23.4 Å². The van der Waals surface area contributed by atoms with Crippen LogP contribution in [0.3, 0.4) is 0 Å². The maximum atomic E-state index is 13.7. The van der Waals surface area contributed by atoms with Crippen molar-refractivity contribution in [1.82, 2.24) is 19.2 Å². The summed E-state index contributed by atoms with van der Waals surface area (Å²) in [6.45, 7) is -0.172. The Morgan fingerprint density at radius 3 is 2.41 bits per heavy atom. The summed E-state index contributed by atoms with van der Waals surface area (Å²) in [6, 6.07) is 8.19. The summed E-state index contributed by atoms with van der Waals surface area (Å²) in [7, 11) is 1.40. The third-order valence-electron chi connectivity index (χ3n) is 4.53. The minimum atomic E-state index is -4.71. The van der Waals surface area contributed by atoms with Crippen LogP contribution in [-0.4, -0.2) is 19.2 Å². The number of rotatable bonds is 4. The van der Waals surface area contributed by atoms with Gasteiger partial charge in [-0.1, -0.05) is 5.18 Å². The SMILES string of the molecule is Cn1nc(C(F)(F)F)c(-c2ccc3ncc(CN=O)n3c2)c1-c1ccc(F)cc1. The monoisotopic (exact) mass is 403 g/mol. The van der Waals surface area contributed by atoms with Crippen molar-refractivity contribution in [2.75, 3.05) is 0 Å². The topological polar surface area (TPSA) is 64.5 Å². The predicted molar refractivity (Wildman–Crippen MR) is 97.3 cm³/mol. The molecule has 4 aromatic rings. The molecule has 1 aromatic carbocycles. The second-order valence-electron chi connectivity index (χ2n) is 6.38. The normalized spacial score (nSPS) is 11.9. The van der Waals surface area contributed by atoms with Gasteiger partial charge in [-0.2, -0.15) is 23.2 Å². The molecule has 0 unspecified atom stereocenters. The number of hydrogen-bond donors (Lipinski definition) is 0. The average molecular weight is 403 g/mol. The molecule has 0 saturated carbocycles. The second-order valence-corrected chi connectivity index (χ2v) is 6.38. The number of aryl methyl sites for hydroxylation is 1. The van der Waals surface area contributed by atoms with Crippen LogP contribution in [0, 0.1) is 10.7 Å². The van der Waals surface area contributed by atoms with Crippen LogP contribution in [0.5, 0.6) is 0 Å². The molecule has 0 aliphatic heterocycles. The molecule has 0 aliphatic rings. The van der Waals surface area contributed by atoms with E-state index in [1.54, 1.807) is 6.07 Å². The molecular weight excluding hydrogens is 390 g/mol. The molecule has 0 atom stereocenters. The van der Waals surface area contributed by atoms with Gasteiger partial charge in [-0.25, -0.2) is 9.37 Å². The van der Waals surface area contributed by atoms with Crippen molar-refractivity contribution in [2.24, 2.45) is 12.2 Å². The van der Waals surface area contributed by atoms with Gasteiger partial charge in [-0.05, 0) is 36.4 Å². The fourth-order valence-electron chi connectivity index (χ4n) is 3.30. The van der Waals surface area contributed by atoms with Gasteiger partial charge in [0.25, 0.3) is 0 Å². The second kappa shape index (κ2) is 6.80. The van der Waals surface area contributed by atoms with Crippen LogP contribution < -0.4 is 0 Å². The maximum absolute atomic E-state index is 13.7. The molecule has 0 aliphatic carbocycles. The summed E-state index contributed by atoms with van der Waals surface area (Å²) in [5.74, 6) is -0.501. The zero-order valence-corrected chi connectivity index (χ0v) is 15.0. The lowest BCUT2D eigenvalue weighted by atomic mass is 9.99. The van der Waals surface area contributed by atoms with Crippen LogP contribution in [0.15, 0.2) is 54.0 Å². The number of benzene rings is 1. The summed E-state index contributed by atoms with van der Waals surface area (Å²) in [6.07, 6.45) is -1.81. The molecule has 0 amide bonds. The summed E-state index contributed by atoms with van der Waals surface area (Å²) < 4.78 is 57.2. The lowest BCUT2D eigenvalue weighted by Crippen LogP contribution is -2.08. The Morgan fingerprint density at radius 1 is 1.07 bits per heavy atom. The van der Waals surface area contributed by atoms with E-state index in [9.17, 15) is 22.5 Å². The van der Waals surface area contributed by atoms with E-state index < -0.39 is 17.7 Å². The van der Waals surface area contributed by atoms with Gasteiger partial charge in [-0.15, -0.1) is 0 Å². The van der Waals surface area contributed by atoms with Crippen LogP contribution in [0.25, 0.3) is 28.0 Å². The van der Waals surface area contributed by atoms with E-state index in [1.165, 1.54) is 54.2 Å². The summed E-state index contributed by atoms with van der Waals surface area (Å²) in [4.78, 5) is 14.8. The molecule has 4 rings (SSSR count). The lowest BCUT2D eigenvalue weighted by Gasteiger charge is -2.11. The smallest absolute Gasteiger partial charge is 0.301 e. The Balaban J connectivity index is 2.01. The van der Waals surface area contributed by atoms with E-state index in [1.807, 2.05) is 0 Å². The van der Waals surface area contributed by atoms with E-state index in [0.29, 0.717) is 16.9 Å². The van der Waals surface area contributed by atoms with Crippen molar-refractivity contribution < 1.29 is 17.6 Å². The van der Waals surface area contributed by atoms with Crippen molar-refractivity contribution in [2.45, 2.75) is 12.7 Å². The van der Waals surface area contributed by atoms with Gasteiger partial charge in [0.1, 0.15) is 18.0 Å². The molecule has 0 saturated heterocycles. The largest absolute Gasteiger partial charge is 0.435 e. The number of fused-ring (bicyclic) bond motifs is 1. The summed E-state index contributed by atoms with van der Waals surface area (Å²) in [5.41, 5.74) is 0.494. The fourth-order valence-corrected chi connectivity index (χ4v) is 3.30. The summed E-state index contributed by atoms with van der Waals surface area (Å²) in [5, 5.41) is 6.51. The van der Waals surface area contributed by atoms with Crippen molar-refractivity contribution in [3.63, 3.8) is 0 Å². The molecule has 29 heavy (non-hydrogen) atoms. The molecule has 6 nitrogen and oxygen atoms in total. The van der Waals surface area contributed by atoms with Crippen LogP contribution in [-0.2, 0) is 19.8 Å². The van der Waals surface area contributed by atoms with Gasteiger partial charge in [0.15, 0.2) is 5.69 Å². The highest BCUT2D eigenvalue weighted by Gasteiger charge is 2.39. The van der Waals surface area contributed by atoms with Gasteiger partial charge in [-0.3, -0.25) is 4.68 Å². The van der Waals surface area contributed by atoms with Crippen molar-refractivity contribution in [3.05, 3.63) is 70.9 Å². The predicted octanol–water partition coefficient (Wildman–Crippen LogP) is 4.83. The number of nitrogens with zero attached hydrogens (tertiary/aromatic N) is 5. The first-order valence-electron chi connectivity index (χ1n) is 8.45. The van der Waals surface area contributed by atoms with E-state index in [4.69, 9.17) is 0 Å². The van der Waals surface area contributed by atoms with Crippen molar-refractivity contribution in [1.29, 1.82) is 0 Å². The molecule has 0 radical (unpaired) electrons. The Kier molecular flexibility index (Phi) is 4.40. The Bertz CT molecular complexity index is 1210. The van der Waals surface area contributed by atoms with Gasteiger partial charge >= 0.3 is 6.18 Å². The third-order valence-corrected chi connectivity index (χ3v) is 4.53. The van der Waals surface area contributed by atoms with E-state index in [0.717, 1.165) is 4.68 Å². The Labute approximate surface area is 161 Å². The van der Waals surface area contributed by atoms with Crippen LogP contribution >= 0.6 is 0 Å². The zero-order valence-electron chi connectivity index (χ0n) is 15.0. The average Bonchev–Trinajstić information content (AvgIpc) is 3.23. The van der Waals surface area contributed by atoms with Gasteiger partial charge in [0.2, 0.25) is 0 Å². The van der Waals surface area contributed by atoms with Crippen LogP contribution in [0.2, 0.25) is 0 Å². The Hall–Kier alpha value is -3.56. The van der Waals surface area contributed by atoms with E-state index in [2.05, 4.69) is 15.3 Å². The molecule has 0 fully saturated rings. The first-order valence-corrected chi connectivity index (χ1v) is 8.45. The fraction of sp³-hybridized carbons (Fsp3) is 0.158. The number of pyridine rings is 1. The molecular formula is C19H13F4N5O. The molecule has 10 heteroatoms. The molecule has 3 heterocycles. The molecule has 3 aromatic heterocycles. The number of aromatic nitrogens is 4. The van der Waals surface area contributed by atoms with Crippen molar-refractivity contribution >= 4 is 5.65 Å². The van der Waals surface area contributed by atoms with Gasteiger partial charge in [0.05, 0.1) is 17.6 Å².